The molecule has 0 aliphatic carbocycles. The van der Waals surface area contributed by atoms with Crippen LogP contribution in [0.25, 0.3) is 0 Å². The third-order valence-electron chi connectivity index (χ3n) is 2.59. The highest BCUT2D eigenvalue weighted by Gasteiger charge is 2.48. The number of benzene rings is 1. The maximum Gasteiger partial charge on any atom is 0.488 e. The molecule has 1 aromatic rings. The molecule has 0 aliphatic rings. The van der Waals surface area contributed by atoms with Crippen LogP contribution in [0.4, 0.5) is 13.2 Å². The lowest BCUT2D eigenvalue weighted by Crippen LogP contribution is -2.54. The first kappa shape index (κ1) is 17.0. The molecule has 0 aromatic heterocycles. The number of carbonyl (C=O) groups excluding carboxylic acids is 1. The van der Waals surface area contributed by atoms with E-state index in [2.05, 4.69) is 0 Å². The number of carboxylic acids is 1. The molecule has 0 saturated carbocycles. The standard InChI is InChI=1S/C13H14F3NO4/c1-2-21-8-10(12(19)20)17(13(14,15)16)11(18)9-6-4-3-5-7-9/h3-7,10H,2,8H2,1H3,(H,19,20). The fourth-order valence-electron chi connectivity index (χ4n) is 1.64. The minimum Gasteiger partial charge on any atom is -0.480 e. The molecule has 8 heteroatoms. The van der Waals surface area contributed by atoms with Gasteiger partial charge in [0.25, 0.3) is 5.91 Å². The van der Waals surface area contributed by atoms with Crippen molar-refractivity contribution in [2.45, 2.75) is 19.3 Å². The Morgan fingerprint density at radius 3 is 2.29 bits per heavy atom. The van der Waals surface area contributed by atoms with Crippen LogP contribution in [0.2, 0.25) is 0 Å². The normalized spacial score (nSPS) is 12.8. The van der Waals surface area contributed by atoms with Crippen LogP contribution >= 0.6 is 0 Å². The topological polar surface area (TPSA) is 66.8 Å². The van der Waals surface area contributed by atoms with Crippen molar-refractivity contribution in [2.75, 3.05) is 13.2 Å². The minimum atomic E-state index is -5.13. The average Bonchev–Trinajstić information content (AvgIpc) is 2.42. The predicted octanol–water partition coefficient (Wildman–Crippen LogP) is 2.14. The van der Waals surface area contributed by atoms with Crippen LogP contribution in [0, 0.1) is 0 Å². The summed E-state index contributed by atoms with van der Waals surface area (Å²) in [5, 5.41) is 8.96. The summed E-state index contributed by atoms with van der Waals surface area (Å²) >= 11 is 0. The highest BCUT2D eigenvalue weighted by atomic mass is 19.4. The molecule has 0 heterocycles. The van der Waals surface area contributed by atoms with E-state index < -0.39 is 35.7 Å². The zero-order valence-corrected chi connectivity index (χ0v) is 11.1. The number of alkyl halides is 3. The lowest BCUT2D eigenvalue weighted by Gasteiger charge is -2.30. The van der Waals surface area contributed by atoms with Gasteiger partial charge in [-0.3, -0.25) is 4.79 Å². The lowest BCUT2D eigenvalue weighted by atomic mass is 10.1. The van der Waals surface area contributed by atoms with Crippen LogP contribution < -0.4 is 0 Å². The number of aliphatic carboxylic acids is 1. The summed E-state index contributed by atoms with van der Waals surface area (Å²) in [5.41, 5.74) is -0.252. The second kappa shape index (κ2) is 7.07. The van der Waals surface area contributed by atoms with E-state index in [-0.39, 0.29) is 12.2 Å². The van der Waals surface area contributed by atoms with E-state index in [1.54, 1.807) is 0 Å². The Labute approximate surface area is 118 Å². The molecule has 1 unspecified atom stereocenters. The van der Waals surface area contributed by atoms with E-state index in [0.29, 0.717) is 0 Å². The van der Waals surface area contributed by atoms with E-state index in [0.717, 1.165) is 0 Å². The molecule has 0 spiro atoms. The van der Waals surface area contributed by atoms with Crippen LogP contribution in [-0.2, 0) is 9.53 Å². The molecule has 0 bridgehead atoms. The van der Waals surface area contributed by atoms with Crippen molar-refractivity contribution in [1.29, 1.82) is 0 Å². The summed E-state index contributed by atoms with van der Waals surface area (Å²) in [6.45, 7) is 0.800. The average molecular weight is 305 g/mol. The van der Waals surface area contributed by atoms with Gasteiger partial charge in [-0.2, -0.15) is 0 Å². The summed E-state index contributed by atoms with van der Waals surface area (Å²) < 4.78 is 44.0. The Morgan fingerprint density at radius 1 is 1.29 bits per heavy atom. The lowest BCUT2D eigenvalue weighted by molar-refractivity contribution is -0.242. The first-order valence-electron chi connectivity index (χ1n) is 6.05. The van der Waals surface area contributed by atoms with Crippen LogP contribution in [0.15, 0.2) is 30.3 Å². The van der Waals surface area contributed by atoms with Gasteiger partial charge in [-0.25, -0.2) is 9.69 Å². The Kier molecular flexibility index (Phi) is 5.71. The van der Waals surface area contributed by atoms with E-state index in [1.807, 2.05) is 0 Å². The molecule has 1 aromatic carbocycles. The zero-order valence-electron chi connectivity index (χ0n) is 11.1. The molecule has 5 nitrogen and oxygen atoms in total. The summed E-state index contributed by atoms with van der Waals surface area (Å²) in [6, 6.07) is 4.53. The van der Waals surface area contributed by atoms with Crippen molar-refractivity contribution in [3.05, 3.63) is 35.9 Å². The zero-order chi connectivity index (χ0) is 16.0. The van der Waals surface area contributed by atoms with Gasteiger partial charge in [0.1, 0.15) is 0 Å². The van der Waals surface area contributed by atoms with Crippen molar-refractivity contribution in [3.8, 4) is 0 Å². The third-order valence-corrected chi connectivity index (χ3v) is 2.59. The maximum atomic E-state index is 13.1. The van der Waals surface area contributed by atoms with Crippen molar-refractivity contribution in [1.82, 2.24) is 4.90 Å². The van der Waals surface area contributed by atoms with Gasteiger partial charge < -0.3 is 9.84 Å². The number of rotatable bonds is 6. The van der Waals surface area contributed by atoms with E-state index in [4.69, 9.17) is 9.84 Å². The SMILES string of the molecule is CCOCC(C(=O)O)N(C(=O)c1ccccc1)C(F)(F)F. The van der Waals surface area contributed by atoms with E-state index in [1.165, 1.54) is 37.3 Å². The number of ether oxygens (including phenoxy) is 1. The van der Waals surface area contributed by atoms with Crippen molar-refractivity contribution in [2.24, 2.45) is 0 Å². The van der Waals surface area contributed by atoms with Gasteiger partial charge in [-0.15, -0.1) is 13.2 Å². The Hall–Kier alpha value is -2.09. The van der Waals surface area contributed by atoms with Crippen LogP contribution in [0.3, 0.4) is 0 Å². The van der Waals surface area contributed by atoms with Gasteiger partial charge in [0.05, 0.1) is 6.61 Å². The van der Waals surface area contributed by atoms with Crippen LogP contribution in [0.1, 0.15) is 17.3 Å². The number of hydrogen-bond acceptors (Lipinski definition) is 3. The van der Waals surface area contributed by atoms with Crippen LogP contribution in [0.5, 0.6) is 0 Å². The number of nitrogens with zero attached hydrogens (tertiary/aromatic N) is 1. The molecular formula is C13H14F3NO4. The smallest absolute Gasteiger partial charge is 0.480 e. The molecule has 21 heavy (non-hydrogen) atoms. The minimum absolute atomic E-state index is 0.0367. The van der Waals surface area contributed by atoms with E-state index >= 15 is 0 Å². The van der Waals surface area contributed by atoms with Crippen LogP contribution in [-0.4, -0.2) is 47.4 Å². The molecule has 1 atom stereocenters. The predicted molar refractivity (Wildman–Crippen MR) is 66.6 cm³/mol. The van der Waals surface area contributed by atoms with E-state index in [9.17, 15) is 22.8 Å². The van der Waals surface area contributed by atoms with Crippen molar-refractivity contribution < 1.29 is 32.6 Å². The van der Waals surface area contributed by atoms with Gasteiger partial charge in [0.15, 0.2) is 6.04 Å². The summed E-state index contributed by atoms with van der Waals surface area (Å²) in [6.07, 6.45) is -5.13. The molecule has 0 fully saturated rings. The summed E-state index contributed by atoms with van der Waals surface area (Å²) in [4.78, 5) is 22.4. The maximum absolute atomic E-state index is 13.1. The van der Waals surface area contributed by atoms with Gasteiger partial charge in [0.2, 0.25) is 0 Å². The van der Waals surface area contributed by atoms with Gasteiger partial charge in [-0.05, 0) is 19.1 Å². The molecule has 1 rings (SSSR count). The molecule has 116 valence electrons. The molecular weight excluding hydrogens is 291 g/mol. The Bertz CT molecular complexity index is 490. The second-order valence-corrected chi connectivity index (χ2v) is 4.02. The van der Waals surface area contributed by atoms with Gasteiger partial charge in [0, 0.05) is 12.2 Å². The molecule has 1 N–H and O–H groups in total. The molecule has 0 aliphatic heterocycles. The first-order chi connectivity index (χ1) is 9.79. The second-order valence-electron chi connectivity index (χ2n) is 4.02. The number of carbonyl (C=O) groups is 2. The van der Waals surface area contributed by atoms with Gasteiger partial charge in [-0.1, -0.05) is 18.2 Å². The molecule has 1 amide bonds. The van der Waals surface area contributed by atoms with Crippen molar-refractivity contribution >= 4 is 11.9 Å². The highest BCUT2D eigenvalue weighted by Crippen LogP contribution is 2.26. The number of carboxylic acid groups (broad SMARTS) is 1. The number of halogens is 3. The Morgan fingerprint density at radius 2 is 1.86 bits per heavy atom. The van der Waals surface area contributed by atoms with Crippen molar-refractivity contribution in [3.63, 3.8) is 0 Å². The number of hydrogen-bond donors (Lipinski definition) is 1. The number of amides is 1. The third kappa shape index (κ3) is 4.45. The molecule has 0 radical (unpaired) electrons. The highest BCUT2D eigenvalue weighted by molar-refractivity contribution is 5.96. The summed E-state index contributed by atoms with van der Waals surface area (Å²) in [7, 11) is 0. The Balaban J connectivity index is 3.15. The quantitative estimate of drug-likeness (QED) is 0.818. The first-order valence-corrected chi connectivity index (χ1v) is 6.05. The molecule has 0 saturated heterocycles. The fourth-order valence-corrected chi connectivity index (χ4v) is 1.64. The van der Waals surface area contributed by atoms with Gasteiger partial charge >= 0.3 is 12.3 Å². The largest absolute Gasteiger partial charge is 0.488 e. The fraction of sp³-hybridized carbons (Fsp3) is 0.385. The summed E-state index contributed by atoms with van der Waals surface area (Å²) in [5.74, 6) is -3.22. The monoisotopic (exact) mass is 305 g/mol.